The molecule has 1 aliphatic heterocycles. The van der Waals surface area contributed by atoms with Crippen molar-refractivity contribution in [1.29, 1.82) is 0 Å². The van der Waals surface area contributed by atoms with Gasteiger partial charge in [0.15, 0.2) is 0 Å². The van der Waals surface area contributed by atoms with Gasteiger partial charge in [-0.25, -0.2) is 4.98 Å². The van der Waals surface area contributed by atoms with Gasteiger partial charge in [-0.15, -0.1) is 0 Å². The van der Waals surface area contributed by atoms with Gasteiger partial charge < -0.3 is 9.72 Å². The van der Waals surface area contributed by atoms with E-state index >= 15 is 0 Å². The number of likely N-dealkylation sites (tertiary alicyclic amines) is 1. The SMILES string of the molecule is CCOc1ccc2nc(CN3CCCCCC3)[nH]c2c1. The second-order valence-electron chi connectivity index (χ2n) is 5.49. The standard InChI is InChI=1S/C16H23N3O/c1-2-20-13-7-8-14-15(11-13)18-16(17-14)12-19-9-5-3-4-6-10-19/h7-8,11H,2-6,9-10,12H2,1H3,(H,17,18). The van der Waals surface area contributed by atoms with E-state index in [9.17, 15) is 0 Å². The third-order valence-corrected chi connectivity index (χ3v) is 3.89. The van der Waals surface area contributed by atoms with Gasteiger partial charge in [-0.1, -0.05) is 12.8 Å². The first-order valence-corrected chi connectivity index (χ1v) is 7.69. The predicted octanol–water partition coefficient (Wildman–Crippen LogP) is 3.34. The molecule has 108 valence electrons. The zero-order valence-corrected chi connectivity index (χ0v) is 12.2. The van der Waals surface area contributed by atoms with E-state index in [1.54, 1.807) is 0 Å². The molecule has 4 heteroatoms. The van der Waals surface area contributed by atoms with Gasteiger partial charge in [0, 0.05) is 6.07 Å². The molecule has 0 aliphatic carbocycles. The van der Waals surface area contributed by atoms with Gasteiger partial charge in [0.1, 0.15) is 11.6 Å². The molecule has 1 N–H and O–H groups in total. The van der Waals surface area contributed by atoms with Crippen LogP contribution in [-0.2, 0) is 6.54 Å². The lowest BCUT2D eigenvalue weighted by molar-refractivity contribution is 0.271. The van der Waals surface area contributed by atoms with E-state index < -0.39 is 0 Å². The van der Waals surface area contributed by atoms with Crippen molar-refractivity contribution < 1.29 is 4.74 Å². The fourth-order valence-electron chi connectivity index (χ4n) is 2.88. The van der Waals surface area contributed by atoms with E-state index in [2.05, 4.69) is 14.9 Å². The van der Waals surface area contributed by atoms with Crippen LogP contribution in [-0.4, -0.2) is 34.6 Å². The van der Waals surface area contributed by atoms with Crippen LogP contribution in [0.4, 0.5) is 0 Å². The number of hydrogen-bond donors (Lipinski definition) is 1. The summed E-state index contributed by atoms with van der Waals surface area (Å²) in [6.45, 7) is 6.02. The first-order chi connectivity index (χ1) is 9.85. The first-order valence-electron chi connectivity index (χ1n) is 7.69. The number of H-pyrrole nitrogens is 1. The third-order valence-electron chi connectivity index (χ3n) is 3.89. The molecule has 4 nitrogen and oxygen atoms in total. The van der Waals surface area contributed by atoms with Crippen molar-refractivity contribution in [2.24, 2.45) is 0 Å². The molecule has 3 rings (SSSR count). The summed E-state index contributed by atoms with van der Waals surface area (Å²) in [7, 11) is 0. The van der Waals surface area contributed by atoms with Gasteiger partial charge in [0.2, 0.25) is 0 Å². The van der Waals surface area contributed by atoms with Crippen LogP contribution in [0.1, 0.15) is 38.4 Å². The fraction of sp³-hybridized carbons (Fsp3) is 0.562. The normalized spacial score (nSPS) is 17.2. The molecule has 1 saturated heterocycles. The lowest BCUT2D eigenvalue weighted by Gasteiger charge is -2.17. The zero-order valence-electron chi connectivity index (χ0n) is 12.2. The van der Waals surface area contributed by atoms with E-state index in [0.29, 0.717) is 6.61 Å². The summed E-state index contributed by atoms with van der Waals surface area (Å²) in [5.41, 5.74) is 2.10. The van der Waals surface area contributed by atoms with E-state index in [1.165, 1.54) is 38.8 Å². The van der Waals surface area contributed by atoms with E-state index in [0.717, 1.165) is 29.2 Å². The third kappa shape index (κ3) is 3.12. The number of hydrogen-bond acceptors (Lipinski definition) is 3. The molecule has 0 saturated carbocycles. The summed E-state index contributed by atoms with van der Waals surface area (Å²) in [5.74, 6) is 1.97. The second kappa shape index (κ2) is 6.27. The van der Waals surface area contributed by atoms with Crippen LogP contribution in [0, 0.1) is 0 Å². The van der Waals surface area contributed by atoms with Crippen molar-refractivity contribution in [3.05, 3.63) is 24.0 Å². The van der Waals surface area contributed by atoms with Gasteiger partial charge in [0.05, 0.1) is 24.2 Å². The molecule has 2 aromatic rings. The highest BCUT2D eigenvalue weighted by Crippen LogP contribution is 2.20. The average Bonchev–Trinajstić information content (AvgIpc) is 2.65. The summed E-state index contributed by atoms with van der Waals surface area (Å²) in [5, 5.41) is 0. The molecule has 2 heterocycles. The molecule has 20 heavy (non-hydrogen) atoms. The zero-order chi connectivity index (χ0) is 13.8. The van der Waals surface area contributed by atoms with Crippen molar-refractivity contribution in [2.45, 2.75) is 39.2 Å². The number of nitrogens with one attached hydrogen (secondary N) is 1. The largest absolute Gasteiger partial charge is 0.494 e. The molecule has 0 bridgehead atoms. The molecular formula is C16H23N3O. The molecule has 0 spiro atoms. The number of ether oxygens (including phenoxy) is 1. The average molecular weight is 273 g/mol. The second-order valence-corrected chi connectivity index (χ2v) is 5.49. The number of imidazole rings is 1. The smallest absolute Gasteiger partial charge is 0.121 e. The van der Waals surface area contributed by atoms with Crippen LogP contribution in [0.5, 0.6) is 5.75 Å². The van der Waals surface area contributed by atoms with Crippen LogP contribution in [0.2, 0.25) is 0 Å². The molecular weight excluding hydrogens is 250 g/mol. The van der Waals surface area contributed by atoms with Crippen molar-refractivity contribution >= 4 is 11.0 Å². The Hall–Kier alpha value is -1.55. The maximum Gasteiger partial charge on any atom is 0.121 e. The Morgan fingerprint density at radius 2 is 2.00 bits per heavy atom. The first kappa shape index (κ1) is 13.4. The Balaban J connectivity index is 1.74. The van der Waals surface area contributed by atoms with E-state index in [1.807, 2.05) is 25.1 Å². The number of fused-ring (bicyclic) bond motifs is 1. The maximum atomic E-state index is 5.53. The van der Waals surface area contributed by atoms with E-state index in [4.69, 9.17) is 4.74 Å². The summed E-state index contributed by atoms with van der Waals surface area (Å²) < 4.78 is 5.53. The highest BCUT2D eigenvalue weighted by atomic mass is 16.5. The minimum absolute atomic E-state index is 0.695. The highest BCUT2D eigenvalue weighted by Gasteiger charge is 2.12. The molecule has 1 aromatic carbocycles. The van der Waals surface area contributed by atoms with Gasteiger partial charge in [-0.05, 0) is 45.0 Å². The lowest BCUT2D eigenvalue weighted by atomic mass is 10.2. The number of benzene rings is 1. The van der Waals surface area contributed by atoms with Gasteiger partial charge in [-0.2, -0.15) is 0 Å². The quantitative estimate of drug-likeness (QED) is 0.929. The van der Waals surface area contributed by atoms with Gasteiger partial charge >= 0.3 is 0 Å². The summed E-state index contributed by atoms with van der Waals surface area (Å²) in [6.07, 6.45) is 5.37. The number of nitrogens with zero attached hydrogens (tertiary/aromatic N) is 2. The summed E-state index contributed by atoms with van der Waals surface area (Å²) in [6, 6.07) is 6.06. The van der Waals surface area contributed by atoms with Crippen LogP contribution in [0.3, 0.4) is 0 Å². The van der Waals surface area contributed by atoms with Crippen molar-refractivity contribution in [1.82, 2.24) is 14.9 Å². The number of aromatic amines is 1. The van der Waals surface area contributed by atoms with Crippen molar-refractivity contribution in [3.8, 4) is 5.75 Å². The van der Waals surface area contributed by atoms with Crippen LogP contribution >= 0.6 is 0 Å². The predicted molar refractivity (Wildman–Crippen MR) is 81.0 cm³/mol. The molecule has 0 atom stereocenters. The Bertz CT molecular complexity index is 556. The monoisotopic (exact) mass is 273 g/mol. The number of aromatic nitrogens is 2. The number of rotatable bonds is 4. The Labute approximate surface area is 120 Å². The fourth-order valence-corrected chi connectivity index (χ4v) is 2.88. The van der Waals surface area contributed by atoms with Crippen LogP contribution in [0.15, 0.2) is 18.2 Å². The molecule has 1 aromatic heterocycles. The summed E-state index contributed by atoms with van der Waals surface area (Å²) in [4.78, 5) is 10.6. The Kier molecular flexibility index (Phi) is 4.21. The maximum absolute atomic E-state index is 5.53. The van der Waals surface area contributed by atoms with Gasteiger partial charge in [0.25, 0.3) is 0 Å². The molecule has 1 fully saturated rings. The van der Waals surface area contributed by atoms with Crippen molar-refractivity contribution in [2.75, 3.05) is 19.7 Å². The molecule has 1 aliphatic rings. The highest BCUT2D eigenvalue weighted by molar-refractivity contribution is 5.76. The molecule has 0 unspecified atom stereocenters. The molecule has 0 radical (unpaired) electrons. The van der Waals surface area contributed by atoms with E-state index in [-0.39, 0.29) is 0 Å². The minimum Gasteiger partial charge on any atom is -0.494 e. The lowest BCUT2D eigenvalue weighted by Crippen LogP contribution is -2.24. The topological polar surface area (TPSA) is 41.1 Å². The van der Waals surface area contributed by atoms with Crippen LogP contribution < -0.4 is 4.74 Å². The summed E-state index contributed by atoms with van der Waals surface area (Å²) >= 11 is 0. The Morgan fingerprint density at radius 1 is 1.20 bits per heavy atom. The van der Waals surface area contributed by atoms with Crippen molar-refractivity contribution in [3.63, 3.8) is 0 Å². The molecule has 0 amide bonds. The minimum atomic E-state index is 0.695. The van der Waals surface area contributed by atoms with Gasteiger partial charge in [-0.3, -0.25) is 4.90 Å². The van der Waals surface area contributed by atoms with Crippen LogP contribution in [0.25, 0.3) is 11.0 Å². The Morgan fingerprint density at radius 3 is 2.75 bits per heavy atom.